The maximum atomic E-state index is 12.0. The van der Waals surface area contributed by atoms with Crippen LogP contribution in [0.2, 0.25) is 5.02 Å². The van der Waals surface area contributed by atoms with Gasteiger partial charge >= 0.3 is 5.97 Å². The van der Waals surface area contributed by atoms with Gasteiger partial charge in [0, 0.05) is 35.7 Å². The first kappa shape index (κ1) is 25.9. The molecule has 0 aromatic heterocycles. The van der Waals surface area contributed by atoms with Crippen molar-refractivity contribution < 1.29 is 19.4 Å². The second-order valence-corrected chi connectivity index (χ2v) is 9.04. The van der Waals surface area contributed by atoms with Crippen molar-refractivity contribution in [3.63, 3.8) is 0 Å². The first-order chi connectivity index (χ1) is 16.3. The zero-order chi connectivity index (χ0) is 24.7. The Morgan fingerprint density at radius 2 is 1.79 bits per heavy atom. The number of carboxylic acids is 1. The van der Waals surface area contributed by atoms with Gasteiger partial charge in [-0.1, -0.05) is 67.9 Å². The fraction of sp³-hybridized carbons (Fsp3) is 0.407. The molecular formula is C27H33ClN2O4. The fourth-order valence-electron chi connectivity index (χ4n) is 4.31. The molecule has 182 valence electrons. The van der Waals surface area contributed by atoms with Crippen molar-refractivity contribution in [1.29, 1.82) is 0 Å². The highest BCUT2D eigenvalue weighted by atomic mass is 35.5. The summed E-state index contributed by atoms with van der Waals surface area (Å²) >= 11 is 6.32. The molecule has 3 atom stereocenters. The van der Waals surface area contributed by atoms with E-state index in [2.05, 4.69) is 10.6 Å². The third kappa shape index (κ3) is 6.69. The largest absolute Gasteiger partial charge is 0.478 e. The SMILES string of the molecule is CCC(CC)O[C@@H]1C=C(C(=O)O)C[C@H](NCc2ccc(-c3ccccc3Cl)cc2)[C@H]1NC(C)=O. The molecule has 1 aliphatic carbocycles. The number of amides is 1. The number of halogens is 1. The molecule has 0 spiro atoms. The van der Waals surface area contributed by atoms with Crippen molar-refractivity contribution in [3.8, 4) is 11.1 Å². The van der Waals surface area contributed by atoms with Crippen molar-refractivity contribution in [3.05, 3.63) is 70.8 Å². The summed E-state index contributed by atoms with van der Waals surface area (Å²) in [5.41, 5.74) is 3.34. The van der Waals surface area contributed by atoms with Gasteiger partial charge in [-0.25, -0.2) is 4.79 Å². The third-order valence-corrected chi connectivity index (χ3v) is 6.53. The lowest BCUT2D eigenvalue weighted by atomic mass is 9.87. The van der Waals surface area contributed by atoms with Crippen LogP contribution in [0.5, 0.6) is 0 Å². The number of carbonyl (C=O) groups excluding carboxylic acids is 1. The molecule has 0 aliphatic heterocycles. The molecular weight excluding hydrogens is 452 g/mol. The first-order valence-corrected chi connectivity index (χ1v) is 12.1. The number of aliphatic carboxylic acids is 1. The van der Waals surface area contributed by atoms with Gasteiger partial charge < -0.3 is 20.5 Å². The highest BCUT2D eigenvalue weighted by molar-refractivity contribution is 6.33. The van der Waals surface area contributed by atoms with Crippen molar-refractivity contribution in [2.24, 2.45) is 0 Å². The lowest BCUT2D eigenvalue weighted by Gasteiger charge is -2.38. The molecule has 6 nitrogen and oxygen atoms in total. The van der Waals surface area contributed by atoms with Crippen molar-refractivity contribution in [2.75, 3.05) is 0 Å². The number of hydrogen-bond acceptors (Lipinski definition) is 4. The lowest BCUT2D eigenvalue weighted by Crippen LogP contribution is -2.58. The quantitative estimate of drug-likeness (QED) is 0.443. The highest BCUT2D eigenvalue weighted by Crippen LogP contribution is 2.28. The van der Waals surface area contributed by atoms with E-state index in [1.54, 1.807) is 6.08 Å². The number of nitrogens with one attached hydrogen (secondary N) is 2. The van der Waals surface area contributed by atoms with Gasteiger partial charge in [0.1, 0.15) is 0 Å². The average Bonchev–Trinajstić information content (AvgIpc) is 2.82. The van der Waals surface area contributed by atoms with Crippen LogP contribution in [-0.4, -0.2) is 41.3 Å². The zero-order valence-corrected chi connectivity index (χ0v) is 20.6. The van der Waals surface area contributed by atoms with Crippen molar-refractivity contribution >= 4 is 23.5 Å². The summed E-state index contributed by atoms with van der Waals surface area (Å²) in [7, 11) is 0. The average molecular weight is 485 g/mol. The van der Waals surface area contributed by atoms with Gasteiger partial charge in [0.25, 0.3) is 0 Å². The number of ether oxygens (including phenoxy) is 1. The van der Waals surface area contributed by atoms with Crippen molar-refractivity contribution in [2.45, 2.75) is 70.9 Å². The van der Waals surface area contributed by atoms with E-state index in [1.807, 2.05) is 62.4 Å². The third-order valence-electron chi connectivity index (χ3n) is 6.20. The van der Waals surface area contributed by atoms with E-state index in [9.17, 15) is 14.7 Å². The lowest BCUT2D eigenvalue weighted by molar-refractivity contribution is -0.133. The monoisotopic (exact) mass is 484 g/mol. The molecule has 0 bridgehead atoms. The number of carbonyl (C=O) groups is 2. The van der Waals surface area contributed by atoms with Gasteiger partial charge in [0.05, 0.1) is 18.2 Å². The van der Waals surface area contributed by atoms with Crippen LogP contribution in [0.4, 0.5) is 0 Å². The zero-order valence-electron chi connectivity index (χ0n) is 19.9. The minimum atomic E-state index is -0.963. The van der Waals surface area contributed by atoms with Gasteiger partial charge in [0.15, 0.2) is 0 Å². The second-order valence-electron chi connectivity index (χ2n) is 8.63. The molecule has 0 heterocycles. The molecule has 1 aliphatic rings. The molecule has 0 unspecified atom stereocenters. The van der Waals surface area contributed by atoms with Gasteiger partial charge in [-0.05, 0) is 42.5 Å². The van der Waals surface area contributed by atoms with E-state index in [0.717, 1.165) is 29.5 Å². The Labute approximate surface area is 206 Å². The highest BCUT2D eigenvalue weighted by Gasteiger charge is 2.37. The van der Waals surface area contributed by atoms with Crippen molar-refractivity contribution in [1.82, 2.24) is 10.6 Å². The first-order valence-electron chi connectivity index (χ1n) is 11.8. The standard InChI is InChI=1S/C27H33ClN2O4/c1-4-21(5-2)34-25-15-20(27(32)33)14-24(26(25)30-17(3)31)29-16-18-10-12-19(13-11-18)22-8-6-7-9-23(22)28/h6-13,15,21,24-26,29H,4-5,14,16H2,1-3H3,(H,30,31)(H,32,33)/t24-,25+,26+/m0/s1. The smallest absolute Gasteiger partial charge is 0.331 e. The Morgan fingerprint density at radius 3 is 2.38 bits per heavy atom. The summed E-state index contributed by atoms with van der Waals surface area (Å²) < 4.78 is 6.23. The Kier molecular flexibility index (Phi) is 9.28. The van der Waals surface area contributed by atoms with E-state index >= 15 is 0 Å². The summed E-state index contributed by atoms with van der Waals surface area (Å²) in [6.07, 6.45) is 3.04. The molecule has 1 amide bonds. The minimum absolute atomic E-state index is 0.0105. The van der Waals surface area contributed by atoms with Crippen LogP contribution >= 0.6 is 11.6 Å². The Bertz CT molecular complexity index is 1020. The minimum Gasteiger partial charge on any atom is -0.478 e. The summed E-state index contributed by atoms with van der Waals surface area (Å²) in [6.45, 7) is 6.06. The predicted molar refractivity (Wildman–Crippen MR) is 135 cm³/mol. The maximum Gasteiger partial charge on any atom is 0.331 e. The topological polar surface area (TPSA) is 87.7 Å². The van der Waals surface area contributed by atoms with E-state index in [-0.39, 0.29) is 24.1 Å². The normalized spacial score (nSPS) is 20.1. The molecule has 2 aromatic rings. The maximum absolute atomic E-state index is 12.0. The molecule has 0 saturated heterocycles. The molecule has 3 N–H and O–H groups in total. The van der Waals surface area contributed by atoms with Gasteiger partial charge in [0.2, 0.25) is 5.91 Å². The Morgan fingerprint density at radius 1 is 1.12 bits per heavy atom. The number of carboxylic acid groups (broad SMARTS) is 1. The molecule has 0 radical (unpaired) electrons. The van der Waals surface area contributed by atoms with Crippen LogP contribution in [0.1, 0.15) is 45.6 Å². The van der Waals surface area contributed by atoms with Crippen LogP contribution in [0.3, 0.4) is 0 Å². The Balaban J connectivity index is 1.77. The fourth-order valence-corrected chi connectivity index (χ4v) is 4.56. The van der Waals surface area contributed by atoms with Gasteiger partial charge in [-0.3, -0.25) is 4.79 Å². The van der Waals surface area contributed by atoms with Crippen LogP contribution in [0, 0.1) is 0 Å². The van der Waals surface area contributed by atoms with Crippen LogP contribution in [0.25, 0.3) is 11.1 Å². The summed E-state index contributed by atoms with van der Waals surface area (Å²) in [5.74, 6) is -1.14. The van der Waals surface area contributed by atoms with E-state index in [4.69, 9.17) is 16.3 Å². The van der Waals surface area contributed by atoms with Crippen LogP contribution in [-0.2, 0) is 20.9 Å². The molecule has 0 saturated carbocycles. The number of rotatable bonds is 10. The summed E-state index contributed by atoms with van der Waals surface area (Å²) in [5, 5.41) is 16.8. The predicted octanol–water partition coefficient (Wildman–Crippen LogP) is 4.96. The summed E-state index contributed by atoms with van der Waals surface area (Å²) in [6, 6.07) is 15.1. The van der Waals surface area contributed by atoms with E-state index in [0.29, 0.717) is 23.6 Å². The van der Waals surface area contributed by atoms with E-state index in [1.165, 1.54) is 6.92 Å². The molecule has 0 fully saturated rings. The molecule has 34 heavy (non-hydrogen) atoms. The summed E-state index contributed by atoms with van der Waals surface area (Å²) in [4.78, 5) is 23.8. The van der Waals surface area contributed by atoms with Crippen LogP contribution in [0.15, 0.2) is 60.2 Å². The number of hydrogen-bond donors (Lipinski definition) is 3. The van der Waals surface area contributed by atoms with Crippen LogP contribution < -0.4 is 10.6 Å². The van der Waals surface area contributed by atoms with E-state index < -0.39 is 12.1 Å². The number of benzene rings is 2. The van der Waals surface area contributed by atoms with Gasteiger partial charge in [-0.15, -0.1) is 0 Å². The Hall–Kier alpha value is -2.67. The molecule has 2 aromatic carbocycles. The second kappa shape index (κ2) is 12.2. The molecule has 7 heteroatoms. The van der Waals surface area contributed by atoms with Gasteiger partial charge in [-0.2, -0.15) is 0 Å². The molecule has 3 rings (SSSR count).